The molecule has 0 radical (unpaired) electrons. The van der Waals surface area contributed by atoms with Crippen molar-refractivity contribution in [2.45, 2.75) is 6.18 Å². The van der Waals surface area contributed by atoms with E-state index in [1.165, 1.54) is 6.20 Å². The second-order valence-electron chi connectivity index (χ2n) is 3.52. The molecule has 1 heterocycles. The van der Waals surface area contributed by atoms with E-state index in [1.54, 1.807) is 30.3 Å². The van der Waals surface area contributed by atoms with E-state index in [2.05, 4.69) is 4.98 Å². The first kappa shape index (κ1) is 11.4. The van der Waals surface area contributed by atoms with Gasteiger partial charge in [0.2, 0.25) is 0 Å². The zero-order valence-electron chi connectivity index (χ0n) is 8.70. The highest BCUT2D eigenvalue weighted by atomic mass is 19.4. The summed E-state index contributed by atoms with van der Waals surface area (Å²) in [6.45, 7) is 0. The summed E-state index contributed by atoms with van der Waals surface area (Å²) in [4.78, 5) is 3.58. The third kappa shape index (κ3) is 2.38. The normalized spacial score (nSPS) is 11.5. The van der Waals surface area contributed by atoms with Crippen molar-refractivity contribution in [3.63, 3.8) is 0 Å². The average molecular weight is 238 g/mol. The van der Waals surface area contributed by atoms with Gasteiger partial charge >= 0.3 is 6.18 Å². The maximum atomic E-state index is 12.6. The fourth-order valence-electron chi connectivity index (χ4n) is 1.49. The fraction of sp³-hybridized carbons (Fsp3) is 0.0833. The first-order valence-electron chi connectivity index (χ1n) is 4.86. The lowest BCUT2D eigenvalue weighted by Crippen LogP contribution is -2.10. The van der Waals surface area contributed by atoms with Crippen LogP contribution in [-0.2, 0) is 6.18 Å². The monoisotopic (exact) mass is 238 g/mol. The minimum absolute atomic E-state index is 0.395. The Hall–Kier alpha value is -2.04. The van der Waals surface area contributed by atoms with E-state index in [1.807, 2.05) is 0 Å². The Bertz CT molecular complexity index is 521. The van der Waals surface area contributed by atoms with Crippen molar-refractivity contribution in [2.24, 2.45) is 0 Å². The molecule has 0 aliphatic rings. The molecule has 0 saturated heterocycles. The molecule has 2 aromatic rings. The number of benzene rings is 1. The number of nitrogens with two attached hydrogens (primary N) is 1. The zero-order chi connectivity index (χ0) is 12.5. The minimum atomic E-state index is -4.48. The van der Waals surface area contributed by atoms with Gasteiger partial charge in [-0.15, -0.1) is 0 Å². The van der Waals surface area contributed by atoms with Crippen LogP contribution < -0.4 is 5.73 Å². The lowest BCUT2D eigenvalue weighted by atomic mass is 10.1. The molecule has 2 nitrogen and oxygen atoms in total. The number of hydrogen-bond acceptors (Lipinski definition) is 2. The number of alkyl halides is 3. The third-order valence-corrected chi connectivity index (χ3v) is 2.33. The molecular weight excluding hydrogens is 229 g/mol. The van der Waals surface area contributed by atoms with Crippen LogP contribution in [0, 0.1) is 0 Å². The smallest absolute Gasteiger partial charge is 0.383 e. The van der Waals surface area contributed by atoms with Crippen LogP contribution in [0.4, 0.5) is 19.0 Å². The van der Waals surface area contributed by atoms with Gasteiger partial charge in [-0.05, 0) is 11.6 Å². The van der Waals surface area contributed by atoms with Gasteiger partial charge in [0, 0.05) is 11.8 Å². The molecule has 88 valence electrons. The van der Waals surface area contributed by atoms with Crippen LogP contribution in [0.2, 0.25) is 0 Å². The first-order chi connectivity index (χ1) is 7.98. The number of anilines is 1. The maximum Gasteiger partial charge on any atom is 0.419 e. The predicted molar refractivity (Wildman–Crippen MR) is 59.1 cm³/mol. The molecule has 0 saturated carbocycles. The van der Waals surface area contributed by atoms with Crippen molar-refractivity contribution in [1.82, 2.24) is 4.98 Å². The topological polar surface area (TPSA) is 38.9 Å². The molecule has 2 rings (SSSR count). The quantitative estimate of drug-likeness (QED) is 0.827. The van der Waals surface area contributed by atoms with Crippen LogP contribution in [0.3, 0.4) is 0 Å². The summed E-state index contributed by atoms with van der Waals surface area (Å²) in [5, 5.41) is 0. The van der Waals surface area contributed by atoms with E-state index in [4.69, 9.17) is 5.73 Å². The Morgan fingerprint density at radius 1 is 1.00 bits per heavy atom. The molecule has 1 aromatic heterocycles. The van der Waals surface area contributed by atoms with Gasteiger partial charge < -0.3 is 5.73 Å². The SMILES string of the molecule is Nc1ncc(-c2ccccc2)cc1C(F)(F)F. The maximum absolute atomic E-state index is 12.6. The Kier molecular flexibility index (Phi) is 2.75. The van der Waals surface area contributed by atoms with Crippen molar-refractivity contribution in [1.29, 1.82) is 0 Å². The number of nitrogens with zero attached hydrogens (tertiary/aromatic N) is 1. The molecule has 0 atom stereocenters. The number of hydrogen-bond donors (Lipinski definition) is 1. The second-order valence-corrected chi connectivity index (χ2v) is 3.52. The highest BCUT2D eigenvalue weighted by molar-refractivity contribution is 5.65. The number of aromatic nitrogens is 1. The Morgan fingerprint density at radius 2 is 1.65 bits per heavy atom. The molecule has 5 heteroatoms. The highest BCUT2D eigenvalue weighted by Gasteiger charge is 2.34. The molecular formula is C12H9F3N2. The molecule has 0 spiro atoms. The summed E-state index contributed by atoms with van der Waals surface area (Å²) in [5.74, 6) is -0.503. The van der Waals surface area contributed by atoms with Gasteiger partial charge in [-0.25, -0.2) is 4.98 Å². The van der Waals surface area contributed by atoms with Crippen LogP contribution in [-0.4, -0.2) is 4.98 Å². The van der Waals surface area contributed by atoms with Crippen LogP contribution in [0.5, 0.6) is 0 Å². The summed E-state index contributed by atoms with van der Waals surface area (Å²) in [5.41, 5.74) is 5.39. The highest BCUT2D eigenvalue weighted by Crippen LogP contribution is 2.34. The minimum Gasteiger partial charge on any atom is -0.383 e. The van der Waals surface area contributed by atoms with Crippen molar-refractivity contribution >= 4 is 5.82 Å². The van der Waals surface area contributed by atoms with Crippen molar-refractivity contribution < 1.29 is 13.2 Å². The van der Waals surface area contributed by atoms with Crippen LogP contribution >= 0.6 is 0 Å². The first-order valence-corrected chi connectivity index (χ1v) is 4.86. The van der Waals surface area contributed by atoms with Crippen molar-refractivity contribution in [2.75, 3.05) is 5.73 Å². The number of rotatable bonds is 1. The summed E-state index contributed by atoms with van der Waals surface area (Å²) in [6, 6.07) is 9.73. The van der Waals surface area contributed by atoms with Gasteiger partial charge in [-0.2, -0.15) is 13.2 Å². The molecule has 0 amide bonds. The van der Waals surface area contributed by atoms with Gasteiger partial charge in [0.15, 0.2) is 0 Å². The van der Waals surface area contributed by atoms with E-state index in [9.17, 15) is 13.2 Å². The lowest BCUT2D eigenvalue weighted by molar-refractivity contribution is -0.137. The lowest BCUT2D eigenvalue weighted by Gasteiger charge is -2.10. The molecule has 2 N–H and O–H groups in total. The second kappa shape index (κ2) is 4.08. The van der Waals surface area contributed by atoms with Crippen LogP contribution in [0.1, 0.15) is 5.56 Å². The Labute approximate surface area is 95.9 Å². The van der Waals surface area contributed by atoms with Gasteiger partial charge in [0.05, 0.1) is 5.56 Å². The summed E-state index contributed by atoms with van der Waals surface area (Å²) in [7, 11) is 0. The fourth-order valence-corrected chi connectivity index (χ4v) is 1.49. The largest absolute Gasteiger partial charge is 0.419 e. The molecule has 0 bridgehead atoms. The van der Waals surface area contributed by atoms with Gasteiger partial charge in [-0.3, -0.25) is 0 Å². The van der Waals surface area contributed by atoms with Crippen molar-refractivity contribution in [3.05, 3.63) is 48.2 Å². The van der Waals surface area contributed by atoms with E-state index < -0.39 is 17.6 Å². The van der Waals surface area contributed by atoms with E-state index >= 15 is 0 Å². The van der Waals surface area contributed by atoms with Gasteiger partial charge in [-0.1, -0.05) is 30.3 Å². The van der Waals surface area contributed by atoms with Crippen molar-refractivity contribution in [3.8, 4) is 11.1 Å². The average Bonchev–Trinajstić information content (AvgIpc) is 2.29. The third-order valence-electron chi connectivity index (χ3n) is 2.33. The molecule has 0 fully saturated rings. The molecule has 0 aliphatic carbocycles. The number of halogens is 3. The molecule has 1 aromatic carbocycles. The van der Waals surface area contributed by atoms with Crippen LogP contribution in [0.15, 0.2) is 42.6 Å². The molecule has 17 heavy (non-hydrogen) atoms. The van der Waals surface area contributed by atoms with E-state index in [-0.39, 0.29) is 0 Å². The number of pyridine rings is 1. The predicted octanol–water partition coefficient (Wildman–Crippen LogP) is 3.35. The number of nitrogen functional groups attached to an aromatic ring is 1. The summed E-state index contributed by atoms with van der Waals surface area (Å²) in [6.07, 6.45) is -3.15. The van der Waals surface area contributed by atoms with Gasteiger partial charge in [0.1, 0.15) is 5.82 Å². The Balaban J connectivity index is 2.53. The van der Waals surface area contributed by atoms with Gasteiger partial charge in [0.25, 0.3) is 0 Å². The zero-order valence-corrected chi connectivity index (χ0v) is 8.70. The Morgan fingerprint density at radius 3 is 2.24 bits per heavy atom. The van der Waals surface area contributed by atoms with E-state index in [0.29, 0.717) is 11.1 Å². The molecule has 0 aliphatic heterocycles. The summed E-state index contributed by atoms with van der Waals surface area (Å²) >= 11 is 0. The summed E-state index contributed by atoms with van der Waals surface area (Å²) < 4.78 is 37.9. The molecule has 0 unspecified atom stereocenters. The van der Waals surface area contributed by atoms with E-state index in [0.717, 1.165) is 6.07 Å². The van der Waals surface area contributed by atoms with Crippen LogP contribution in [0.25, 0.3) is 11.1 Å². The standard InChI is InChI=1S/C12H9F3N2/c13-12(14,15)10-6-9(7-17-11(10)16)8-4-2-1-3-5-8/h1-7H,(H2,16,17).